The average molecular weight is 316 g/mol. The third kappa shape index (κ3) is 3.71. The summed E-state index contributed by atoms with van der Waals surface area (Å²) in [4.78, 5) is 12.3. The van der Waals surface area contributed by atoms with Crippen LogP contribution in [0.5, 0.6) is 0 Å². The van der Waals surface area contributed by atoms with Gasteiger partial charge in [-0.05, 0) is 48.5 Å². The number of carbonyl (C=O) groups excluding carboxylic acids is 1. The van der Waals surface area contributed by atoms with E-state index in [1.807, 2.05) is 36.4 Å². The standard InChI is InChI=1S/C19H16N4O/c20-23(19(24)15-7-3-1-4-8-15)18-13-11-17(12-14-18)22-21-16-9-5-2-6-10-16/h1-14H,20H2. The smallest absolute Gasteiger partial charge is 0.267 e. The van der Waals surface area contributed by atoms with E-state index >= 15 is 0 Å². The molecule has 0 fully saturated rings. The van der Waals surface area contributed by atoms with Crippen LogP contribution < -0.4 is 10.9 Å². The molecule has 5 nitrogen and oxygen atoms in total. The maximum Gasteiger partial charge on any atom is 0.272 e. The zero-order valence-electron chi connectivity index (χ0n) is 12.9. The number of hydrogen-bond acceptors (Lipinski definition) is 4. The summed E-state index contributed by atoms with van der Waals surface area (Å²) in [6, 6.07) is 25.4. The van der Waals surface area contributed by atoms with Gasteiger partial charge in [-0.15, -0.1) is 0 Å². The van der Waals surface area contributed by atoms with Crippen molar-refractivity contribution < 1.29 is 4.79 Å². The number of amides is 1. The second kappa shape index (κ2) is 7.30. The molecule has 2 N–H and O–H groups in total. The summed E-state index contributed by atoms with van der Waals surface area (Å²) in [6.45, 7) is 0. The minimum absolute atomic E-state index is 0.269. The Bertz CT molecular complexity index is 830. The van der Waals surface area contributed by atoms with Crippen molar-refractivity contribution in [2.75, 3.05) is 5.01 Å². The fraction of sp³-hybridized carbons (Fsp3) is 0. The number of hydrazine groups is 1. The summed E-state index contributed by atoms with van der Waals surface area (Å²) in [5.41, 5.74) is 2.58. The Hall–Kier alpha value is -3.31. The summed E-state index contributed by atoms with van der Waals surface area (Å²) in [5.74, 6) is 5.65. The molecule has 0 spiro atoms. The SMILES string of the molecule is NN(C(=O)c1ccccc1)c1ccc(N=Nc2ccccc2)cc1. The first-order valence-electron chi connectivity index (χ1n) is 7.45. The lowest BCUT2D eigenvalue weighted by molar-refractivity contribution is 0.0987. The van der Waals surface area contributed by atoms with Crippen molar-refractivity contribution in [3.63, 3.8) is 0 Å². The Kier molecular flexibility index (Phi) is 4.74. The average Bonchev–Trinajstić information content (AvgIpc) is 2.67. The van der Waals surface area contributed by atoms with Crippen molar-refractivity contribution in [2.24, 2.45) is 16.1 Å². The minimum atomic E-state index is -0.269. The van der Waals surface area contributed by atoms with Gasteiger partial charge in [0.1, 0.15) is 0 Å². The normalized spacial score (nSPS) is 10.7. The number of nitrogens with two attached hydrogens (primary N) is 1. The highest BCUT2D eigenvalue weighted by Gasteiger charge is 2.13. The molecule has 0 aliphatic carbocycles. The Morgan fingerprint density at radius 2 is 1.21 bits per heavy atom. The van der Waals surface area contributed by atoms with Crippen molar-refractivity contribution >= 4 is 23.0 Å². The van der Waals surface area contributed by atoms with Gasteiger partial charge in [-0.25, -0.2) is 10.9 Å². The zero-order chi connectivity index (χ0) is 16.8. The lowest BCUT2D eigenvalue weighted by atomic mass is 10.2. The van der Waals surface area contributed by atoms with Gasteiger partial charge in [0.2, 0.25) is 0 Å². The molecule has 3 aromatic carbocycles. The fourth-order valence-electron chi connectivity index (χ4n) is 2.13. The van der Waals surface area contributed by atoms with Crippen LogP contribution in [-0.2, 0) is 0 Å². The van der Waals surface area contributed by atoms with Gasteiger partial charge in [-0.1, -0.05) is 36.4 Å². The monoisotopic (exact) mass is 316 g/mol. The molecule has 0 heterocycles. The molecule has 0 saturated heterocycles. The molecular formula is C19H16N4O. The molecule has 0 radical (unpaired) electrons. The van der Waals surface area contributed by atoms with Crippen molar-refractivity contribution in [1.29, 1.82) is 0 Å². The predicted octanol–water partition coefficient (Wildman–Crippen LogP) is 4.62. The number of benzene rings is 3. The maximum absolute atomic E-state index is 12.3. The van der Waals surface area contributed by atoms with Crippen LogP contribution in [0.1, 0.15) is 10.4 Å². The van der Waals surface area contributed by atoms with Crippen molar-refractivity contribution in [3.05, 3.63) is 90.5 Å². The van der Waals surface area contributed by atoms with Crippen LogP contribution in [0.15, 0.2) is 95.2 Å². The number of anilines is 1. The van der Waals surface area contributed by atoms with E-state index in [2.05, 4.69) is 10.2 Å². The molecule has 0 bridgehead atoms. The molecule has 24 heavy (non-hydrogen) atoms. The van der Waals surface area contributed by atoms with Gasteiger partial charge in [0.05, 0.1) is 17.1 Å². The summed E-state index contributed by atoms with van der Waals surface area (Å²) >= 11 is 0. The molecule has 0 unspecified atom stereocenters. The minimum Gasteiger partial charge on any atom is -0.267 e. The van der Waals surface area contributed by atoms with E-state index in [0.29, 0.717) is 16.9 Å². The zero-order valence-corrected chi connectivity index (χ0v) is 12.9. The van der Waals surface area contributed by atoms with E-state index in [1.165, 1.54) is 0 Å². The summed E-state index contributed by atoms with van der Waals surface area (Å²) in [5, 5.41) is 9.43. The Labute approximate surface area is 140 Å². The third-order valence-corrected chi connectivity index (χ3v) is 3.40. The highest BCUT2D eigenvalue weighted by Crippen LogP contribution is 2.21. The topological polar surface area (TPSA) is 71.0 Å². The van der Waals surface area contributed by atoms with E-state index in [0.717, 1.165) is 10.7 Å². The third-order valence-electron chi connectivity index (χ3n) is 3.40. The first-order valence-corrected chi connectivity index (χ1v) is 7.45. The highest BCUT2D eigenvalue weighted by atomic mass is 16.2. The molecule has 1 amide bonds. The van der Waals surface area contributed by atoms with Gasteiger partial charge in [0, 0.05) is 5.56 Å². The molecule has 118 valence electrons. The van der Waals surface area contributed by atoms with Crippen LogP contribution in [0.3, 0.4) is 0 Å². The number of nitrogens with zero attached hydrogens (tertiary/aromatic N) is 3. The van der Waals surface area contributed by atoms with Gasteiger partial charge < -0.3 is 0 Å². The van der Waals surface area contributed by atoms with Gasteiger partial charge in [-0.3, -0.25) is 4.79 Å². The molecule has 3 rings (SSSR count). The fourth-order valence-corrected chi connectivity index (χ4v) is 2.13. The quantitative estimate of drug-likeness (QED) is 0.330. The van der Waals surface area contributed by atoms with Gasteiger partial charge in [-0.2, -0.15) is 10.2 Å². The number of rotatable bonds is 4. The van der Waals surface area contributed by atoms with E-state index in [-0.39, 0.29) is 5.91 Å². The molecule has 5 heteroatoms. The summed E-state index contributed by atoms with van der Waals surface area (Å²) < 4.78 is 0. The second-order valence-corrected chi connectivity index (χ2v) is 5.09. The van der Waals surface area contributed by atoms with Gasteiger partial charge in [0.25, 0.3) is 5.91 Å². The molecule has 0 atom stereocenters. The van der Waals surface area contributed by atoms with E-state index in [9.17, 15) is 4.79 Å². The van der Waals surface area contributed by atoms with Crippen LogP contribution in [0, 0.1) is 0 Å². The number of hydrogen-bond donors (Lipinski definition) is 1. The van der Waals surface area contributed by atoms with Crippen LogP contribution in [0.2, 0.25) is 0 Å². The highest BCUT2D eigenvalue weighted by molar-refractivity contribution is 6.05. The van der Waals surface area contributed by atoms with E-state index < -0.39 is 0 Å². The van der Waals surface area contributed by atoms with Crippen LogP contribution in [-0.4, -0.2) is 5.91 Å². The van der Waals surface area contributed by atoms with Gasteiger partial charge >= 0.3 is 0 Å². The molecule has 0 saturated carbocycles. The predicted molar refractivity (Wildman–Crippen MR) is 94.5 cm³/mol. The number of carbonyl (C=O) groups is 1. The first kappa shape index (κ1) is 15.6. The van der Waals surface area contributed by atoms with Crippen LogP contribution in [0.25, 0.3) is 0 Å². The first-order chi connectivity index (χ1) is 11.7. The summed E-state index contributed by atoms with van der Waals surface area (Å²) in [7, 11) is 0. The molecular weight excluding hydrogens is 300 g/mol. The molecule has 0 aliphatic heterocycles. The van der Waals surface area contributed by atoms with Crippen LogP contribution >= 0.6 is 0 Å². The van der Waals surface area contributed by atoms with Gasteiger partial charge in [0.15, 0.2) is 0 Å². The lowest BCUT2D eigenvalue weighted by Gasteiger charge is -2.16. The largest absolute Gasteiger partial charge is 0.272 e. The van der Waals surface area contributed by atoms with Crippen molar-refractivity contribution in [2.45, 2.75) is 0 Å². The van der Waals surface area contributed by atoms with Crippen molar-refractivity contribution in [1.82, 2.24) is 0 Å². The van der Waals surface area contributed by atoms with Crippen molar-refractivity contribution in [3.8, 4) is 0 Å². The molecule has 0 aliphatic rings. The Morgan fingerprint density at radius 3 is 1.79 bits per heavy atom. The summed E-state index contributed by atoms with van der Waals surface area (Å²) in [6.07, 6.45) is 0. The Balaban J connectivity index is 1.72. The lowest BCUT2D eigenvalue weighted by Crippen LogP contribution is -2.37. The van der Waals surface area contributed by atoms with Crippen LogP contribution in [0.4, 0.5) is 17.1 Å². The van der Waals surface area contributed by atoms with E-state index in [4.69, 9.17) is 5.84 Å². The Morgan fingerprint density at radius 1 is 0.708 bits per heavy atom. The second-order valence-electron chi connectivity index (χ2n) is 5.09. The number of azo groups is 1. The van der Waals surface area contributed by atoms with E-state index in [1.54, 1.807) is 48.5 Å². The molecule has 3 aromatic rings. The molecule has 0 aromatic heterocycles. The maximum atomic E-state index is 12.3.